The fourth-order valence-electron chi connectivity index (χ4n) is 8.95. The summed E-state index contributed by atoms with van der Waals surface area (Å²) >= 11 is 3.15. The summed E-state index contributed by atoms with van der Waals surface area (Å²) in [4.78, 5) is 21.3. The minimum Gasteiger partial charge on any atom is -0.490 e. The van der Waals surface area contributed by atoms with Crippen molar-refractivity contribution in [3.05, 3.63) is 94.1 Å². The molecular weight excluding hydrogens is 1010 g/mol. The van der Waals surface area contributed by atoms with Crippen LogP contribution in [0.4, 0.5) is 10.3 Å². The zero-order valence-corrected chi connectivity index (χ0v) is 50.2. The maximum Gasteiger partial charge on any atom is 0.212 e. The Morgan fingerprint density at radius 1 is 0.423 bits per heavy atom. The molecule has 0 spiro atoms. The fourth-order valence-corrected chi connectivity index (χ4v) is 10.7. The topological polar surface area (TPSA) is 130 Å². The Kier molecular flexibility index (Phi) is 19.9. The molecule has 2 aromatic heterocycles. The summed E-state index contributed by atoms with van der Waals surface area (Å²) in [5, 5.41) is 9.01. The van der Waals surface area contributed by atoms with Crippen molar-refractivity contribution >= 4 is 76.4 Å². The second-order valence-electron chi connectivity index (χ2n) is 22.3. The van der Waals surface area contributed by atoms with Crippen LogP contribution in [0.25, 0.3) is 31.8 Å². The molecule has 4 heterocycles. The summed E-state index contributed by atoms with van der Waals surface area (Å²) in [6.07, 6.45) is 11.3. The van der Waals surface area contributed by atoms with E-state index in [9.17, 15) is 0 Å². The van der Waals surface area contributed by atoms with Crippen molar-refractivity contribution in [3.63, 3.8) is 0 Å². The van der Waals surface area contributed by atoms with Gasteiger partial charge in [-0.3, -0.25) is 0 Å². The van der Waals surface area contributed by atoms with Gasteiger partial charge in [0.2, 0.25) is 21.8 Å². The van der Waals surface area contributed by atoms with Crippen LogP contribution < -0.4 is 39.1 Å². The molecule has 2 N–H and O–H groups in total. The zero-order chi connectivity index (χ0) is 55.4. The number of rotatable bonds is 28. The number of unbranched alkanes of at least 4 members (excludes halogenated alkanes) is 6. The van der Waals surface area contributed by atoms with Crippen LogP contribution in [-0.4, -0.2) is 61.3 Å². The number of nitrogens with zero attached hydrogens (tertiary/aromatic N) is 4. The number of hydrogen-bond donors (Lipinski definition) is 2. The maximum atomic E-state index is 6.69. The molecule has 0 radical (unpaired) electrons. The van der Waals surface area contributed by atoms with Gasteiger partial charge in [0.1, 0.15) is 11.7 Å². The van der Waals surface area contributed by atoms with Crippen LogP contribution in [0.5, 0.6) is 34.5 Å². The van der Waals surface area contributed by atoms with Crippen molar-refractivity contribution in [2.24, 2.45) is 9.98 Å². The molecule has 14 heteroatoms. The van der Waals surface area contributed by atoms with Gasteiger partial charge in [-0.25, -0.2) is 20.0 Å². The van der Waals surface area contributed by atoms with Crippen LogP contribution >= 0.6 is 22.7 Å². The maximum absolute atomic E-state index is 6.69. The number of thiazole rings is 2. The second-order valence-corrected chi connectivity index (χ2v) is 24.4. The van der Waals surface area contributed by atoms with Gasteiger partial charge >= 0.3 is 0 Å². The molecule has 0 fully saturated rings. The van der Waals surface area contributed by atoms with Crippen LogP contribution in [0, 0.1) is 0 Å². The molecule has 6 aromatic rings. The van der Waals surface area contributed by atoms with Gasteiger partial charge in [0, 0.05) is 11.1 Å². The van der Waals surface area contributed by atoms with Crippen molar-refractivity contribution in [3.8, 4) is 34.5 Å². The third-order valence-corrected chi connectivity index (χ3v) is 15.6. The van der Waals surface area contributed by atoms with E-state index in [-0.39, 0.29) is 10.8 Å². The highest BCUT2D eigenvalue weighted by Gasteiger charge is 2.40. The Morgan fingerprint density at radius 2 is 0.731 bits per heavy atom. The Bertz CT molecular complexity index is 2880. The standard InChI is InChI=1S/C64H84N6O6S2/c1-13-19-29-71-47-35-41(36-48(72-30-20-14-2)57(47)75-33-23-17-5)55-53-54(60(67-55)70-62-66-46-28-26-44(64(10,11)12)40-52(46)78-62)56(68-59(53)69-61-65-45-27-25-43(63(7,8)9)39-51(45)77-61)42-37-49(73-31-21-15-3)58(76-34-24-18-6)50(38-42)74-32-22-16-4/h25-28,35-40H,13-24,29-34H2,1-12H3,(H,66,67,70)(H,65,68,69). The predicted molar refractivity (Wildman–Crippen MR) is 326 cm³/mol. The lowest BCUT2D eigenvalue weighted by Gasteiger charge is -2.20. The van der Waals surface area contributed by atoms with E-state index in [1.807, 2.05) is 0 Å². The highest BCUT2D eigenvalue weighted by molar-refractivity contribution is 7.22. The van der Waals surface area contributed by atoms with Gasteiger partial charge in [-0.15, -0.1) is 0 Å². The van der Waals surface area contributed by atoms with Crippen molar-refractivity contribution < 1.29 is 28.4 Å². The number of fused-ring (bicyclic) bond motifs is 3. The summed E-state index contributed by atoms with van der Waals surface area (Å²) in [5.41, 5.74) is 9.06. The lowest BCUT2D eigenvalue weighted by atomic mass is 9.87. The molecule has 0 bridgehead atoms. The molecule has 2 aliphatic heterocycles. The Hall–Kier alpha value is -6.12. The zero-order valence-electron chi connectivity index (χ0n) is 48.6. The lowest BCUT2D eigenvalue weighted by Crippen LogP contribution is -2.22. The van der Waals surface area contributed by atoms with Crippen molar-refractivity contribution in [1.29, 1.82) is 0 Å². The SMILES string of the molecule is CCCCOc1cc(C2=C3C(=C(c4cc(OCCCC)c(OCCCC)c(OCCCC)c4)N/C3=N\c3nc4ccc(C(C)(C)C)cc4s3)/C(=N/c3nc4ccc(C(C)(C)C)cc4s3)N2)cc(OCCCC)c1OCCCC. The molecule has 0 saturated carbocycles. The lowest BCUT2D eigenvalue weighted by molar-refractivity contribution is 0.237. The molecule has 0 saturated heterocycles. The number of hydrogen-bond acceptors (Lipinski definition) is 12. The van der Waals surface area contributed by atoms with E-state index in [1.54, 1.807) is 22.7 Å². The molecule has 12 nitrogen and oxygen atoms in total. The first kappa shape index (κ1) is 58.0. The first-order chi connectivity index (χ1) is 37.7. The van der Waals surface area contributed by atoms with Gasteiger partial charge < -0.3 is 39.1 Å². The number of nitrogens with one attached hydrogen (secondary N) is 2. The summed E-state index contributed by atoms with van der Waals surface area (Å²) in [6, 6.07) is 21.4. The van der Waals surface area contributed by atoms with E-state index in [4.69, 9.17) is 48.4 Å². The molecule has 8 rings (SSSR count). The van der Waals surface area contributed by atoms with Crippen LogP contribution in [0.3, 0.4) is 0 Å². The van der Waals surface area contributed by atoms with E-state index in [0.717, 1.165) is 131 Å². The quantitative estimate of drug-likeness (QED) is 0.0458. The van der Waals surface area contributed by atoms with Crippen molar-refractivity contribution in [2.75, 3.05) is 39.6 Å². The largest absolute Gasteiger partial charge is 0.490 e. The minimum atomic E-state index is -0.0301. The van der Waals surface area contributed by atoms with E-state index < -0.39 is 0 Å². The monoisotopic (exact) mass is 1100 g/mol. The number of aromatic nitrogens is 2. The first-order valence-electron chi connectivity index (χ1n) is 28.8. The normalized spacial score (nSPS) is 14.7. The summed E-state index contributed by atoms with van der Waals surface area (Å²) < 4.78 is 42.1. The van der Waals surface area contributed by atoms with E-state index in [1.165, 1.54) is 11.1 Å². The molecule has 0 unspecified atom stereocenters. The molecule has 0 amide bonds. The second kappa shape index (κ2) is 26.7. The molecule has 2 aliphatic rings. The van der Waals surface area contributed by atoms with Crippen molar-refractivity contribution in [2.45, 2.75) is 171 Å². The molecule has 0 aliphatic carbocycles. The number of ether oxygens (including phenoxy) is 6. The van der Waals surface area contributed by atoms with Gasteiger partial charge in [0.15, 0.2) is 23.0 Å². The Morgan fingerprint density at radius 3 is 1.03 bits per heavy atom. The average molecular weight is 1100 g/mol. The molecular formula is C64H84N6O6S2. The molecule has 78 heavy (non-hydrogen) atoms. The number of aliphatic imine (C=N–C) groups is 2. The molecule has 418 valence electrons. The van der Waals surface area contributed by atoms with E-state index in [2.05, 4.69) is 154 Å². The first-order valence-corrected chi connectivity index (χ1v) is 30.5. The minimum absolute atomic E-state index is 0.0301. The average Bonchev–Trinajstić information content (AvgIpc) is 4.28. The van der Waals surface area contributed by atoms with Gasteiger partial charge in [0.25, 0.3) is 0 Å². The van der Waals surface area contributed by atoms with Gasteiger partial charge in [-0.2, -0.15) is 0 Å². The third kappa shape index (κ3) is 14.0. The Labute approximate surface area is 472 Å². The smallest absolute Gasteiger partial charge is 0.212 e. The highest BCUT2D eigenvalue weighted by atomic mass is 32.1. The van der Waals surface area contributed by atoms with Crippen LogP contribution in [0.15, 0.2) is 81.8 Å². The number of amidine groups is 2. The van der Waals surface area contributed by atoms with E-state index >= 15 is 0 Å². The van der Waals surface area contributed by atoms with Crippen LogP contribution in [0.2, 0.25) is 0 Å². The van der Waals surface area contributed by atoms with Gasteiger partial charge in [-0.05, 0) is 109 Å². The summed E-state index contributed by atoms with van der Waals surface area (Å²) in [7, 11) is 0. The fraction of sp³-hybridized carbons (Fsp3) is 0.500. The Balaban J connectivity index is 1.43. The number of benzene rings is 4. The van der Waals surface area contributed by atoms with Gasteiger partial charge in [-0.1, -0.05) is 156 Å². The predicted octanol–water partition coefficient (Wildman–Crippen LogP) is 17.4. The van der Waals surface area contributed by atoms with Crippen LogP contribution in [0.1, 0.15) is 182 Å². The van der Waals surface area contributed by atoms with Crippen molar-refractivity contribution in [1.82, 2.24) is 20.6 Å². The van der Waals surface area contributed by atoms with Crippen LogP contribution in [-0.2, 0) is 10.8 Å². The van der Waals surface area contributed by atoms with E-state index in [0.29, 0.717) is 96.1 Å². The summed E-state index contributed by atoms with van der Waals surface area (Å²) in [5.74, 6) is 4.96. The third-order valence-electron chi connectivity index (χ3n) is 13.7. The molecule has 0 atom stereocenters. The summed E-state index contributed by atoms with van der Waals surface area (Å²) in [6.45, 7) is 29.6. The van der Waals surface area contributed by atoms with Gasteiger partial charge in [0.05, 0.1) is 82.6 Å². The molecule has 4 aromatic carbocycles. The highest BCUT2D eigenvalue weighted by Crippen LogP contribution is 2.48.